The molecule has 1 aromatic rings. The van der Waals surface area contributed by atoms with Crippen LogP contribution in [-0.4, -0.2) is 22.5 Å². The molecule has 0 bridgehead atoms. The van der Waals surface area contributed by atoms with Gasteiger partial charge in [0.05, 0.1) is 6.61 Å². The normalized spacial score (nSPS) is 10.2. The van der Waals surface area contributed by atoms with Gasteiger partial charge >= 0.3 is 0 Å². The summed E-state index contributed by atoms with van der Waals surface area (Å²) in [5.41, 5.74) is 2.42. The maximum absolute atomic E-state index is 8.56. The third-order valence-electron chi connectivity index (χ3n) is 1.44. The lowest BCUT2D eigenvalue weighted by Gasteiger charge is -2.00. The Morgan fingerprint density at radius 1 is 1.50 bits per heavy atom. The number of nitrogens with zero attached hydrogens (tertiary/aromatic N) is 1. The van der Waals surface area contributed by atoms with Gasteiger partial charge in [0, 0.05) is 23.9 Å². The highest BCUT2D eigenvalue weighted by molar-refractivity contribution is 7.98. The van der Waals surface area contributed by atoms with Gasteiger partial charge in [-0.2, -0.15) is 11.8 Å². The highest BCUT2D eigenvalue weighted by Gasteiger charge is 1.93. The van der Waals surface area contributed by atoms with Crippen LogP contribution in [0.5, 0.6) is 0 Å². The van der Waals surface area contributed by atoms with E-state index in [2.05, 4.69) is 11.1 Å². The van der Waals surface area contributed by atoms with Gasteiger partial charge in [-0.15, -0.1) is 0 Å². The van der Waals surface area contributed by atoms with E-state index in [4.69, 9.17) is 5.11 Å². The lowest BCUT2D eigenvalue weighted by atomic mass is 10.2. The highest BCUT2D eigenvalue weighted by atomic mass is 32.2. The first-order valence-electron chi connectivity index (χ1n) is 3.92. The van der Waals surface area contributed by atoms with E-state index in [0.29, 0.717) is 0 Å². The summed E-state index contributed by atoms with van der Waals surface area (Å²) in [7, 11) is 0. The topological polar surface area (TPSA) is 33.1 Å². The monoisotopic (exact) mass is 183 g/mol. The van der Waals surface area contributed by atoms with Crippen LogP contribution < -0.4 is 0 Å². The summed E-state index contributed by atoms with van der Waals surface area (Å²) in [6.45, 7) is 2.29. The van der Waals surface area contributed by atoms with Crippen molar-refractivity contribution in [2.75, 3.05) is 12.4 Å². The number of hydrogen-bond donors (Lipinski definition) is 1. The molecule has 12 heavy (non-hydrogen) atoms. The van der Waals surface area contributed by atoms with Crippen LogP contribution in [0.3, 0.4) is 0 Å². The number of rotatable bonds is 4. The molecule has 0 fully saturated rings. The Balaban J connectivity index is 2.41. The molecular weight excluding hydrogens is 170 g/mol. The fraction of sp³-hybridized carbons (Fsp3) is 0.444. The van der Waals surface area contributed by atoms with Crippen molar-refractivity contribution in [3.63, 3.8) is 0 Å². The summed E-state index contributed by atoms with van der Waals surface area (Å²) in [6.07, 6.45) is 3.72. The molecule has 1 aromatic heterocycles. The summed E-state index contributed by atoms with van der Waals surface area (Å²) >= 11 is 1.73. The minimum absolute atomic E-state index is 0.254. The van der Waals surface area contributed by atoms with E-state index in [-0.39, 0.29) is 6.61 Å². The first-order valence-corrected chi connectivity index (χ1v) is 5.07. The third kappa shape index (κ3) is 3.24. The second-order valence-electron chi connectivity index (χ2n) is 2.65. The first-order chi connectivity index (χ1) is 5.83. The molecule has 0 aliphatic rings. The Bertz CT molecular complexity index is 240. The number of aliphatic hydroxyl groups excluding tert-OH is 1. The molecule has 0 aliphatic carbocycles. The van der Waals surface area contributed by atoms with E-state index >= 15 is 0 Å². The molecule has 66 valence electrons. The Labute approximate surface area is 77.0 Å². The molecule has 0 spiro atoms. The van der Waals surface area contributed by atoms with Crippen LogP contribution >= 0.6 is 11.8 Å². The summed E-state index contributed by atoms with van der Waals surface area (Å²) in [6, 6.07) is 2.12. The summed E-state index contributed by atoms with van der Waals surface area (Å²) in [5.74, 6) is 1.74. The molecule has 0 aliphatic heterocycles. The van der Waals surface area contributed by atoms with Crippen LogP contribution in [0.4, 0.5) is 0 Å². The van der Waals surface area contributed by atoms with Crippen molar-refractivity contribution in [2.24, 2.45) is 0 Å². The van der Waals surface area contributed by atoms with Crippen molar-refractivity contribution >= 4 is 11.8 Å². The van der Waals surface area contributed by atoms with Crippen LogP contribution in [-0.2, 0) is 5.75 Å². The molecule has 1 N–H and O–H groups in total. The van der Waals surface area contributed by atoms with Crippen LogP contribution in [0.1, 0.15) is 11.1 Å². The molecule has 0 saturated heterocycles. The minimum Gasteiger partial charge on any atom is -0.396 e. The fourth-order valence-corrected chi connectivity index (χ4v) is 1.62. The van der Waals surface area contributed by atoms with Crippen LogP contribution in [0, 0.1) is 6.92 Å². The Kier molecular flexibility index (Phi) is 4.11. The number of hydrogen-bond acceptors (Lipinski definition) is 3. The summed E-state index contributed by atoms with van der Waals surface area (Å²) < 4.78 is 0. The van der Waals surface area contributed by atoms with Gasteiger partial charge in [0.25, 0.3) is 0 Å². The van der Waals surface area contributed by atoms with E-state index in [0.717, 1.165) is 11.5 Å². The number of aromatic nitrogens is 1. The Morgan fingerprint density at radius 3 is 3.00 bits per heavy atom. The van der Waals surface area contributed by atoms with Crippen molar-refractivity contribution in [1.29, 1.82) is 0 Å². The summed E-state index contributed by atoms with van der Waals surface area (Å²) in [4.78, 5) is 4.09. The van der Waals surface area contributed by atoms with E-state index in [9.17, 15) is 0 Å². The molecule has 1 rings (SSSR count). The lowest BCUT2D eigenvalue weighted by Crippen LogP contribution is -1.89. The Morgan fingerprint density at radius 2 is 2.33 bits per heavy atom. The van der Waals surface area contributed by atoms with Gasteiger partial charge < -0.3 is 5.11 Å². The second kappa shape index (κ2) is 5.17. The largest absolute Gasteiger partial charge is 0.396 e. The standard InChI is InChI=1S/C9H13NOS/c1-8-4-9(6-10-5-8)7-12-3-2-11/h4-6,11H,2-3,7H2,1H3. The third-order valence-corrected chi connectivity index (χ3v) is 2.44. The predicted octanol–water partition coefficient (Wildman–Crippen LogP) is 1.62. The molecule has 3 heteroatoms. The average molecular weight is 183 g/mol. The van der Waals surface area contributed by atoms with Gasteiger partial charge in [-0.1, -0.05) is 6.07 Å². The fourth-order valence-electron chi connectivity index (χ4n) is 0.951. The van der Waals surface area contributed by atoms with E-state index < -0.39 is 0 Å². The zero-order valence-electron chi connectivity index (χ0n) is 7.16. The SMILES string of the molecule is Cc1cncc(CSCCO)c1. The van der Waals surface area contributed by atoms with E-state index in [1.54, 1.807) is 11.8 Å². The van der Waals surface area contributed by atoms with Crippen molar-refractivity contribution < 1.29 is 5.11 Å². The molecule has 0 atom stereocenters. The highest BCUT2D eigenvalue weighted by Crippen LogP contribution is 2.11. The smallest absolute Gasteiger partial charge is 0.0521 e. The van der Waals surface area contributed by atoms with Crippen LogP contribution in [0.15, 0.2) is 18.5 Å². The zero-order valence-corrected chi connectivity index (χ0v) is 7.97. The van der Waals surface area contributed by atoms with Gasteiger partial charge in [-0.3, -0.25) is 4.98 Å². The zero-order chi connectivity index (χ0) is 8.81. The second-order valence-corrected chi connectivity index (χ2v) is 3.75. The van der Waals surface area contributed by atoms with Gasteiger partial charge in [-0.05, 0) is 18.1 Å². The summed E-state index contributed by atoms with van der Waals surface area (Å²) in [5, 5.41) is 8.56. The molecule has 0 radical (unpaired) electrons. The average Bonchev–Trinajstić information content (AvgIpc) is 2.05. The van der Waals surface area contributed by atoms with Gasteiger partial charge in [0.1, 0.15) is 0 Å². The number of pyridine rings is 1. The van der Waals surface area contributed by atoms with Crippen molar-refractivity contribution in [1.82, 2.24) is 4.98 Å². The number of thioether (sulfide) groups is 1. The van der Waals surface area contributed by atoms with Gasteiger partial charge in [-0.25, -0.2) is 0 Å². The maximum Gasteiger partial charge on any atom is 0.0521 e. The number of aliphatic hydroxyl groups is 1. The lowest BCUT2D eigenvalue weighted by molar-refractivity contribution is 0.322. The maximum atomic E-state index is 8.56. The van der Waals surface area contributed by atoms with Crippen LogP contribution in [0.25, 0.3) is 0 Å². The molecule has 0 amide bonds. The molecule has 0 unspecified atom stereocenters. The van der Waals surface area contributed by atoms with Crippen molar-refractivity contribution in [2.45, 2.75) is 12.7 Å². The first kappa shape index (κ1) is 9.55. The van der Waals surface area contributed by atoms with E-state index in [1.807, 2.05) is 19.3 Å². The van der Waals surface area contributed by atoms with Gasteiger partial charge in [0.15, 0.2) is 0 Å². The molecule has 2 nitrogen and oxygen atoms in total. The molecular formula is C9H13NOS. The number of aryl methyl sites for hydroxylation is 1. The molecule has 1 heterocycles. The van der Waals surface area contributed by atoms with Gasteiger partial charge in [0.2, 0.25) is 0 Å². The molecule has 0 aromatic carbocycles. The quantitative estimate of drug-likeness (QED) is 0.720. The Hall–Kier alpha value is -0.540. The van der Waals surface area contributed by atoms with Crippen molar-refractivity contribution in [3.8, 4) is 0 Å². The molecule has 0 saturated carbocycles. The minimum atomic E-state index is 0.254. The van der Waals surface area contributed by atoms with E-state index in [1.165, 1.54) is 11.1 Å². The predicted molar refractivity (Wildman–Crippen MR) is 52.2 cm³/mol. The van der Waals surface area contributed by atoms with Crippen LogP contribution in [0.2, 0.25) is 0 Å². The van der Waals surface area contributed by atoms with Crippen molar-refractivity contribution in [3.05, 3.63) is 29.6 Å².